The van der Waals surface area contributed by atoms with Gasteiger partial charge >= 0.3 is 5.97 Å². The maximum Gasteiger partial charge on any atom is 0.356 e. The van der Waals surface area contributed by atoms with Crippen molar-refractivity contribution in [2.24, 2.45) is 5.73 Å². The zero-order chi connectivity index (χ0) is 18.8. The molecule has 25 heavy (non-hydrogen) atoms. The second kappa shape index (κ2) is 6.78. The molecule has 0 aliphatic rings. The van der Waals surface area contributed by atoms with E-state index >= 15 is 0 Å². The van der Waals surface area contributed by atoms with Crippen LogP contribution in [0.5, 0.6) is 0 Å². The van der Waals surface area contributed by atoms with Crippen molar-refractivity contribution in [3.63, 3.8) is 0 Å². The Bertz CT molecular complexity index is 823. The Labute approximate surface area is 142 Å². The molecule has 0 fully saturated rings. The minimum atomic E-state index is -2.13. The molecular formula is C14H22N6O5. The Hall–Kier alpha value is -2.50. The molecule has 2 aromatic heterocycles. The van der Waals surface area contributed by atoms with Crippen molar-refractivity contribution in [1.29, 1.82) is 0 Å². The van der Waals surface area contributed by atoms with Crippen LogP contribution in [0.2, 0.25) is 0 Å². The number of hydrogen-bond donors (Lipinski definition) is 4. The van der Waals surface area contributed by atoms with Gasteiger partial charge in [0.2, 0.25) is 11.7 Å². The first kappa shape index (κ1) is 18.8. The molecule has 6 N–H and O–H groups in total. The SMILES string of the molecule is CCCOC(=O)C(N)(OCn1cnc2c(=O)[nH]c(N)nc21)C(C)(C)O. The van der Waals surface area contributed by atoms with Crippen molar-refractivity contribution in [1.82, 2.24) is 19.5 Å². The number of nitrogen functional groups attached to an aromatic ring is 1. The van der Waals surface area contributed by atoms with Gasteiger partial charge in [-0.15, -0.1) is 0 Å². The Morgan fingerprint density at radius 2 is 2.16 bits per heavy atom. The lowest BCUT2D eigenvalue weighted by Crippen LogP contribution is -2.65. The van der Waals surface area contributed by atoms with E-state index in [2.05, 4.69) is 15.0 Å². The van der Waals surface area contributed by atoms with Crippen LogP contribution in [0.4, 0.5) is 5.95 Å². The number of carbonyl (C=O) groups excluding carboxylic acids is 1. The Balaban J connectivity index is 2.30. The molecule has 0 saturated carbocycles. The maximum absolute atomic E-state index is 12.3. The lowest BCUT2D eigenvalue weighted by atomic mass is 9.95. The number of H-pyrrole nitrogens is 1. The summed E-state index contributed by atoms with van der Waals surface area (Å²) in [5, 5.41) is 10.3. The van der Waals surface area contributed by atoms with Crippen molar-refractivity contribution < 1.29 is 19.4 Å². The Morgan fingerprint density at radius 3 is 2.76 bits per heavy atom. The van der Waals surface area contributed by atoms with Crippen molar-refractivity contribution in [3.8, 4) is 0 Å². The normalized spacial score (nSPS) is 14.4. The van der Waals surface area contributed by atoms with E-state index in [0.717, 1.165) is 0 Å². The molecule has 2 aromatic rings. The van der Waals surface area contributed by atoms with Crippen LogP contribution in [0.1, 0.15) is 27.2 Å². The number of imidazole rings is 1. The molecule has 0 spiro atoms. The van der Waals surface area contributed by atoms with E-state index in [0.29, 0.717) is 6.42 Å². The summed E-state index contributed by atoms with van der Waals surface area (Å²) in [7, 11) is 0. The first-order valence-corrected chi connectivity index (χ1v) is 7.63. The predicted octanol–water partition coefficient (Wildman–Crippen LogP) is -0.945. The third-order valence-corrected chi connectivity index (χ3v) is 3.57. The average molecular weight is 354 g/mol. The van der Waals surface area contributed by atoms with Crippen molar-refractivity contribution in [3.05, 3.63) is 16.7 Å². The monoisotopic (exact) mass is 354 g/mol. The fourth-order valence-electron chi connectivity index (χ4n) is 2.02. The highest BCUT2D eigenvalue weighted by molar-refractivity contribution is 5.80. The molecule has 0 amide bonds. The van der Waals surface area contributed by atoms with Gasteiger partial charge < -0.3 is 20.3 Å². The summed E-state index contributed by atoms with van der Waals surface area (Å²) < 4.78 is 11.8. The summed E-state index contributed by atoms with van der Waals surface area (Å²) in [4.78, 5) is 34.2. The number of nitrogens with two attached hydrogens (primary N) is 2. The highest BCUT2D eigenvalue weighted by Gasteiger charge is 2.50. The van der Waals surface area contributed by atoms with Crippen molar-refractivity contribution >= 4 is 23.1 Å². The molecule has 0 saturated heterocycles. The lowest BCUT2D eigenvalue weighted by molar-refractivity contribution is -0.213. The van der Waals surface area contributed by atoms with Crippen molar-refractivity contribution in [2.75, 3.05) is 12.3 Å². The molecule has 0 radical (unpaired) electrons. The van der Waals surface area contributed by atoms with Gasteiger partial charge in [0.05, 0.1) is 12.9 Å². The van der Waals surface area contributed by atoms with Crippen LogP contribution in [-0.2, 0) is 21.0 Å². The van der Waals surface area contributed by atoms with E-state index in [1.807, 2.05) is 6.92 Å². The Morgan fingerprint density at radius 1 is 1.48 bits per heavy atom. The molecule has 1 atom stereocenters. The van der Waals surface area contributed by atoms with E-state index in [1.54, 1.807) is 0 Å². The number of aromatic amines is 1. The maximum atomic E-state index is 12.3. The van der Waals surface area contributed by atoms with Crippen LogP contribution in [0.25, 0.3) is 11.2 Å². The quantitative estimate of drug-likeness (QED) is 0.361. The largest absolute Gasteiger partial charge is 0.462 e. The van der Waals surface area contributed by atoms with Crippen LogP contribution in [0.3, 0.4) is 0 Å². The summed E-state index contributed by atoms with van der Waals surface area (Å²) in [6, 6.07) is 0. The molecule has 11 nitrogen and oxygen atoms in total. The van der Waals surface area contributed by atoms with Gasteiger partial charge in [-0.3, -0.25) is 20.1 Å². The van der Waals surface area contributed by atoms with E-state index in [1.165, 1.54) is 24.7 Å². The van der Waals surface area contributed by atoms with Crippen LogP contribution in [0, 0.1) is 0 Å². The van der Waals surface area contributed by atoms with Crippen LogP contribution in [-0.4, -0.2) is 48.5 Å². The molecular weight excluding hydrogens is 332 g/mol. The summed E-state index contributed by atoms with van der Waals surface area (Å²) in [5.41, 5.74) is 7.33. The number of aromatic nitrogens is 4. The van der Waals surface area contributed by atoms with E-state index in [4.69, 9.17) is 20.9 Å². The minimum absolute atomic E-state index is 0.0530. The number of hydrogen-bond acceptors (Lipinski definition) is 9. The van der Waals surface area contributed by atoms with Gasteiger partial charge in [0, 0.05) is 0 Å². The van der Waals surface area contributed by atoms with E-state index < -0.39 is 22.9 Å². The summed E-state index contributed by atoms with van der Waals surface area (Å²) in [6.45, 7) is 4.30. The number of carbonyl (C=O) groups is 1. The van der Waals surface area contributed by atoms with E-state index in [-0.39, 0.29) is 30.4 Å². The molecule has 0 aliphatic carbocycles. The third kappa shape index (κ3) is 3.62. The third-order valence-electron chi connectivity index (χ3n) is 3.57. The molecule has 1 unspecified atom stereocenters. The summed E-state index contributed by atoms with van der Waals surface area (Å²) in [6.07, 6.45) is 1.88. The second-order valence-electron chi connectivity index (χ2n) is 6.04. The number of nitrogens with zero attached hydrogens (tertiary/aromatic N) is 3. The molecule has 0 aromatic carbocycles. The average Bonchev–Trinajstić information content (AvgIpc) is 2.92. The zero-order valence-corrected chi connectivity index (χ0v) is 14.3. The fourth-order valence-corrected chi connectivity index (χ4v) is 2.02. The van der Waals surface area contributed by atoms with Gasteiger partial charge in [0.1, 0.15) is 12.3 Å². The predicted molar refractivity (Wildman–Crippen MR) is 88.1 cm³/mol. The van der Waals surface area contributed by atoms with Gasteiger partial charge in [0.15, 0.2) is 11.2 Å². The second-order valence-corrected chi connectivity index (χ2v) is 6.04. The first-order valence-electron chi connectivity index (χ1n) is 7.63. The number of ether oxygens (including phenoxy) is 2. The van der Waals surface area contributed by atoms with Crippen LogP contribution < -0.4 is 17.0 Å². The van der Waals surface area contributed by atoms with Gasteiger partial charge in [0.25, 0.3) is 5.56 Å². The molecule has 11 heteroatoms. The number of anilines is 1. The highest BCUT2D eigenvalue weighted by atomic mass is 16.6. The Kier molecular flexibility index (Phi) is 5.11. The molecule has 0 aliphatic heterocycles. The standard InChI is InChI=1S/C14H22N6O5/c1-4-5-24-11(22)14(16,13(2,3)23)25-7-20-6-17-8-9(20)18-12(15)19-10(8)21/h6,23H,4-5,7,16H2,1-3H3,(H3,15,18,19,21). The first-order chi connectivity index (χ1) is 11.6. The van der Waals surface area contributed by atoms with Gasteiger partial charge in [-0.25, -0.2) is 9.78 Å². The van der Waals surface area contributed by atoms with Crippen LogP contribution >= 0.6 is 0 Å². The van der Waals surface area contributed by atoms with Crippen LogP contribution in [0.15, 0.2) is 11.1 Å². The number of fused-ring (bicyclic) bond motifs is 1. The summed E-state index contributed by atoms with van der Waals surface area (Å²) >= 11 is 0. The van der Waals surface area contributed by atoms with Gasteiger partial charge in [-0.2, -0.15) is 4.98 Å². The fraction of sp³-hybridized carbons (Fsp3) is 0.571. The molecule has 2 heterocycles. The van der Waals surface area contributed by atoms with Gasteiger partial charge in [-0.05, 0) is 20.3 Å². The van der Waals surface area contributed by atoms with Gasteiger partial charge in [-0.1, -0.05) is 6.92 Å². The minimum Gasteiger partial charge on any atom is -0.462 e. The molecule has 2 rings (SSSR count). The number of nitrogens with one attached hydrogen (secondary N) is 1. The summed E-state index contributed by atoms with van der Waals surface area (Å²) in [5.74, 6) is -1.00. The van der Waals surface area contributed by atoms with E-state index in [9.17, 15) is 14.7 Å². The number of esters is 1. The molecule has 0 bridgehead atoms. The topological polar surface area (TPSA) is 171 Å². The number of aliphatic hydroxyl groups is 1. The smallest absolute Gasteiger partial charge is 0.356 e. The molecule has 138 valence electrons. The zero-order valence-electron chi connectivity index (χ0n) is 14.3. The highest BCUT2D eigenvalue weighted by Crippen LogP contribution is 2.23. The lowest BCUT2D eigenvalue weighted by Gasteiger charge is -2.37. The number of rotatable bonds is 7. The van der Waals surface area contributed by atoms with Crippen molar-refractivity contribution in [2.45, 2.75) is 45.2 Å².